The molecule has 4 aliphatic rings. The number of ether oxygens (including phenoxy) is 1. The van der Waals surface area contributed by atoms with E-state index in [1.165, 1.54) is 38.6 Å². The van der Waals surface area contributed by atoms with Crippen molar-refractivity contribution in [2.45, 2.75) is 58.5 Å². The number of nitrogens with zero attached hydrogens (tertiary/aromatic N) is 2. The second kappa shape index (κ2) is 6.97. The molecule has 1 aromatic carbocycles. The topological polar surface area (TPSA) is 38.5 Å². The van der Waals surface area contributed by atoms with Crippen LogP contribution in [0.3, 0.4) is 0 Å². The van der Waals surface area contributed by atoms with Gasteiger partial charge >= 0.3 is 0 Å². The van der Waals surface area contributed by atoms with Crippen molar-refractivity contribution in [1.82, 2.24) is 9.88 Å². The zero-order valence-corrected chi connectivity index (χ0v) is 16.5. The average molecular weight is 367 g/mol. The SMILES string of the molecule is CCOc1ccc(-c2nc(CN3CC4C[C@@H]5CC3C[C@H](C4)C5)c(C)o2)cc1. The minimum atomic E-state index is 0.682. The maximum atomic E-state index is 6.04. The molecule has 0 amide bonds. The van der Waals surface area contributed by atoms with Crippen molar-refractivity contribution < 1.29 is 9.15 Å². The molecule has 4 nitrogen and oxygen atoms in total. The molecule has 4 bridgehead atoms. The summed E-state index contributed by atoms with van der Waals surface area (Å²) in [6, 6.07) is 8.80. The summed E-state index contributed by atoms with van der Waals surface area (Å²) >= 11 is 0. The summed E-state index contributed by atoms with van der Waals surface area (Å²) in [7, 11) is 0. The highest BCUT2D eigenvalue weighted by molar-refractivity contribution is 5.55. The molecule has 144 valence electrons. The smallest absolute Gasteiger partial charge is 0.226 e. The summed E-state index contributed by atoms with van der Waals surface area (Å²) in [5.74, 6) is 5.44. The van der Waals surface area contributed by atoms with Crippen LogP contribution in [0.15, 0.2) is 28.7 Å². The van der Waals surface area contributed by atoms with E-state index >= 15 is 0 Å². The van der Waals surface area contributed by atoms with Crippen molar-refractivity contribution in [3.8, 4) is 17.2 Å². The van der Waals surface area contributed by atoms with Crippen LogP contribution < -0.4 is 4.74 Å². The number of aryl methyl sites for hydroxylation is 1. The number of rotatable bonds is 5. The molecule has 2 aliphatic carbocycles. The number of oxazole rings is 1. The van der Waals surface area contributed by atoms with Crippen molar-refractivity contribution in [2.24, 2.45) is 17.8 Å². The first-order chi connectivity index (χ1) is 13.2. The molecule has 3 heterocycles. The molecule has 1 aromatic heterocycles. The van der Waals surface area contributed by atoms with Gasteiger partial charge in [-0.1, -0.05) is 0 Å². The molecule has 0 spiro atoms. The summed E-state index contributed by atoms with van der Waals surface area (Å²) in [5, 5.41) is 0. The fraction of sp³-hybridized carbons (Fsp3) is 0.609. The molecule has 4 heteroatoms. The van der Waals surface area contributed by atoms with Gasteiger partial charge in [-0.25, -0.2) is 4.98 Å². The number of benzene rings is 1. The number of fused-ring (bicyclic) bond motifs is 1. The Morgan fingerprint density at radius 2 is 1.74 bits per heavy atom. The molecule has 2 aromatic rings. The summed E-state index contributed by atoms with van der Waals surface area (Å²) < 4.78 is 11.6. The second-order valence-electron chi connectivity index (χ2n) is 8.84. The van der Waals surface area contributed by atoms with Crippen LogP contribution in [-0.2, 0) is 6.54 Å². The zero-order chi connectivity index (χ0) is 18.4. The van der Waals surface area contributed by atoms with Gasteiger partial charge in [0.25, 0.3) is 0 Å². The Balaban J connectivity index is 1.34. The fourth-order valence-electron chi connectivity index (χ4n) is 5.83. The highest BCUT2D eigenvalue weighted by Crippen LogP contribution is 2.47. The van der Waals surface area contributed by atoms with E-state index in [-0.39, 0.29) is 0 Å². The summed E-state index contributed by atoms with van der Waals surface area (Å²) in [6.07, 6.45) is 7.20. The molecule has 27 heavy (non-hydrogen) atoms. The van der Waals surface area contributed by atoms with E-state index in [0.29, 0.717) is 6.61 Å². The van der Waals surface area contributed by atoms with Gasteiger partial charge in [0.2, 0.25) is 5.89 Å². The van der Waals surface area contributed by atoms with Gasteiger partial charge < -0.3 is 9.15 Å². The highest BCUT2D eigenvalue weighted by Gasteiger charge is 2.42. The first kappa shape index (κ1) is 17.3. The molecular formula is C23H30N2O2. The molecule has 0 radical (unpaired) electrons. The lowest BCUT2D eigenvalue weighted by Crippen LogP contribution is -2.37. The van der Waals surface area contributed by atoms with Crippen molar-refractivity contribution in [3.63, 3.8) is 0 Å². The van der Waals surface area contributed by atoms with Crippen LogP contribution in [0.25, 0.3) is 11.5 Å². The normalized spacial score (nSPS) is 29.9. The van der Waals surface area contributed by atoms with Gasteiger partial charge in [-0.05, 0) is 88.0 Å². The quantitative estimate of drug-likeness (QED) is 0.741. The standard InChI is InChI=1S/C23H30N2O2/c1-3-26-21-6-4-19(5-7-21)23-24-22(15(2)27-23)14-25-13-18-9-16-8-17(10-18)12-20(25)11-16/h4-7,16-18,20H,3,8-14H2,1-2H3/t16-,17+,18?,20?. The molecule has 4 atom stereocenters. The van der Waals surface area contributed by atoms with E-state index in [4.69, 9.17) is 14.1 Å². The van der Waals surface area contributed by atoms with Crippen LogP contribution in [0.5, 0.6) is 5.75 Å². The van der Waals surface area contributed by atoms with Gasteiger partial charge in [0.15, 0.2) is 0 Å². The van der Waals surface area contributed by atoms with Crippen LogP contribution >= 0.6 is 0 Å². The van der Waals surface area contributed by atoms with Crippen molar-refractivity contribution in [1.29, 1.82) is 0 Å². The molecular weight excluding hydrogens is 336 g/mol. The zero-order valence-electron chi connectivity index (χ0n) is 16.5. The lowest BCUT2D eigenvalue weighted by atomic mass is 9.68. The second-order valence-corrected chi connectivity index (χ2v) is 8.84. The molecule has 2 aliphatic heterocycles. The van der Waals surface area contributed by atoms with E-state index in [0.717, 1.165) is 59.0 Å². The van der Waals surface area contributed by atoms with Crippen molar-refractivity contribution in [3.05, 3.63) is 35.7 Å². The molecule has 2 saturated heterocycles. The van der Waals surface area contributed by atoms with Gasteiger partial charge in [-0.15, -0.1) is 0 Å². The fourth-order valence-corrected chi connectivity index (χ4v) is 5.83. The van der Waals surface area contributed by atoms with Crippen LogP contribution in [-0.4, -0.2) is 29.1 Å². The van der Waals surface area contributed by atoms with Crippen LogP contribution in [0, 0.1) is 24.7 Å². The van der Waals surface area contributed by atoms with E-state index in [1.807, 2.05) is 31.2 Å². The minimum absolute atomic E-state index is 0.682. The Morgan fingerprint density at radius 1 is 1.04 bits per heavy atom. The van der Waals surface area contributed by atoms with Gasteiger partial charge in [0.1, 0.15) is 11.5 Å². The predicted octanol–water partition coefficient (Wildman–Crippen LogP) is 5.06. The summed E-state index contributed by atoms with van der Waals surface area (Å²) in [4.78, 5) is 7.59. The Kier molecular flexibility index (Phi) is 4.47. The maximum Gasteiger partial charge on any atom is 0.226 e. The lowest BCUT2D eigenvalue weighted by Gasteiger charge is -2.39. The van der Waals surface area contributed by atoms with Gasteiger partial charge in [-0.3, -0.25) is 4.90 Å². The predicted molar refractivity (Wildman–Crippen MR) is 106 cm³/mol. The molecule has 2 saturated carbocycles. The number of aromatic nitrogens is 1. The lowest BCUT2D eigenvalue weighted by molar-refractivity contribution is 0.121. The number of hydrogen-bond donors (Lipinski definition) is 0. The first-order valence-electron chi connectivity index (χ1n) is 10.6. The van der Waals surface area contributed by atoms with Gasteiger partial charge in [-0.2, -0.15) is 0 Å². The monoisotopic (exact) mass is 366 g/mol. The van der Waals surface area contributed by atoms with Crippen LogP contribution in [0.2, 0.25) is 0 Å². The molecule has 2 unspecified atom stereocenters. The highest BCUT2D eigenvalue weighted by atomic mass is 16.5. The van der Waals surface area contributed by atoms with Crippen LogP contribution in [0.4, 0.5) is 0 Å². The van der Waals surface area contributed by atoms with E-state index in [9.17, 15) is 0 Å². The van der Waals surface area contributed by atoms with Gasteiger partial charge in [0.05, 0.1) is 12.3 Å². The number of hydrogen-bond acceptors (Lipinski definition) is 4. The summed E-state index contributed by atoms with van der Waals surface area (Å²) in [5.41, 5.74) is 2.13. The third-order valence-electron chi connectivity index (χ3n) is 6.88. The Bertz CT molecular complexity index is 783. The van der Waals surface area contributed by atoms with E-state index in [2.05, 4.69) is 11.8 Å². The van der Waals surface area contributed by atoms with Crippen LogP contribution in [0.1, 0.15) is 50.5 Å². The third-order valence-corrected chi connectivity index (χ3v) is 6.88. The van der Waals surface area contributed by atoms with Crippen molar-refractivity contribution in [2.75, 3.05) is 13.2 Å². The molecule has 4 fully saturated rings. The van der Waals surface area contributed by atoms with Gasteiger partial charge in [0, 0.05) is 24.7 Å². The molecule has 0 N–H and O–H groups in total. The first-order valence-corrected chi connectivity index (χ1v) is 10.6. The van der Waals surface area contributed by atoms with E-state index < -0.39 is 0 Å². The minimum Gasteiger partial charge on any atom is -0.494 e. The largest absolute Gasteiger partial charge is 0.494 e. The Hall–Kier alpha value is -1.81. The van der Waals surface area contributed by atoms with Crippen molar-refractivity contribution >= 4 is 0 Å². The Labute approximate surface area is 161 Å². The third kappa shape index (κ3) is 3.40. The summed E-state index contributed by atoms with van der Waals surface area (Å²) in [6.45, 7) is 6.93. The average Bonchev–Trinajstić information content (AvgIpc) is 2.91. The van der Waals surface area contributed by atoms with E-state index in [1.54, 1.807) is 0 Å². The molecule has 6 rings (SSSR count). The Morgan fingerprint density at radius 3 is 2.44 bits per heavy atom. The maximum absolute atomic E-state index is 6.04.